The lowest BCUT2D eigenvalue weighted by molar-refractivity contribution is 1.15. The third-order valence-corrected chi connectivity index (χ3v) is 1.09. The number of rotatable bonds is 1. The summed E-state index contributed by atoms with van der Waals surface area (Å²) in [7, 11) is 1.68. The average molecular weight is 156 g/mol. The van der Waals surface area contributed by atoms with Crippen LogP contribution in [0.5, 0.6) is 0 Å². The average Bonchev–Trinajstić information content (AvgIpc) is 1.88. The molecule has 10 heavy (non-hydrogen) atoms. The van der Waals surface area contributed by atoms with E-state index >= 15 is 0 Å². The van der Waals surface area contributed by atoms with E-state index in [2.05, 4.69) is 15.0 Å². The molecule has 0 amide bonds. The number of nitrogens with zero attached hydrogens (tertiary/aromatic N) is 3. The van der Waals surface area contributed by atoms with Crippen LogP contribution in [0.3, 0.4) is 0 Å². The minimum absolute atomic E-state index is 0.248. The van der Waals surface area contributed by atoms with Crippen LogP contribution < -0.4 is 0 Å². The van der Waals surface area contributed by atoms with Crippen molar-refractivity contribution in [3.8, 4) is 0 Å². The van der Waals surface area contributed by atoms with Crippen LogP contribution in [-0.2, 0) is 0 Å². The Kier molecular flexibility index (Phi) is 2.34. The summed E-state index contributed by atoms with van der Waals surface area (Å²) in [5.74, 6) is 0. The van der Waals surface area contributed by atoms with Crippen molar-refractivity contribution in [2.45, 2.75) is 0 Å². The Morgan fingerprint density at radius 1 is 1.70 bits per heavy atom. The predicted octanol–water partition coefficient (Wildman–Crippen LogP) is 1.18. The maximum Gasteiger partial charge on any atom is 0.222 e. The van der Waals surface area contributed by atoms with Crippen molar-refractivity contribution in [2.75, 3.05) is 7.05 Å². The van der Waals surface area contributed by atoms with Crippen molar-refractivity contribution in [3.63, 3.8) is 0 Å². The SMILES string of the molecule is CN=Cc1ccnc(Cl)n1. The molecule has 0 aromatic carbocycles. The van der Waals surface area contributed by atoms with E-state index in [1.54, 1.807) is 25.5 Å². The number of hydrogen-bond donors (Lipinski definition) is 0. The number of aliphatic imine (C=N–C) groups is 1. The molecule has 3 nitrogen and oxygen atoms in total. The fourth-order valence-corrected chi connectivity index (χ4v) is 0.706. The lowest BCUT2D eigenvalue weighted by atomic mass is 10.4. The van der Waals surface area contributed by atoms with E-state index in [9.17, 15) is 0 Å². The summed E-state index contributed by atoms with van der Waals surface area (Å²) in [4.78, 5) is 11.4. The van der Waals surface area contributed by atoms with Gasteiger partial charge in [-0.1, -0.05) is 0 Å². The third-order valence-electron chi connectivity index (χ3n) is 0.909. The minimum atomic E-state index is 0.248. The Morgan fingerprint density at radius 3 is 3.10 bits per heavy atom. The van der Waals surface area contributed by atoms with Gasteiger partial charge in [-0.05, 0) is 17.7 Å². The van der Waals surface area contributed by atoms with Gasteiger partial charge in [0.2, 0.25) is 5.28 Å². The normalized spacial score (nSPS) is 10.6. The van der Waals surface area contributed by atoms with Crippen molar-refractivity contribution < 1.29 is 0 Å². The Labute approximate surface area is 63.8 Å². The second-order valence-corrected chi connectivity index (χ2v) is 1.98. The van der Waals surface area contributed by atoms with Crippen LogP contribution in [0.2, 0.25) is 5.28 Å². The van der Waals surface area contributed by atoms with Gasteiger partial charge in [0.15, 0.2) is 0 Å². The molecule has 1 aromatic rings. The van der Waals surface area contributed by atoms with Crippen molar-refractivity contribution in [3.05, 3.63) is 23.2 Å². The van der Waals surface area contributed by atoms with Gasteiger partial charge < -0.3 is 0 Å². The highest BCUT2D eigenvalue weighted by Gasteiger charge is 1.89. The third kappa shape index (κ3) is 1.77. The van der Waals surface area contributed by atoms with Crippen LogP contribution in [0.1, 0.15) is 5.69 Å². The van der Waals surface area contributed by atoms with Crippen LogP contribution in [0.25, 0.3) is 0 Å². The zero-order valence-corrected chi connectivity index (χ0v) is 6.21. The highest BCUT2D eigenvalue weighted by atomic mass is 35.5. The highest BCUT2D eigenvalue weighted by Crippen LogP contribution is 1.97. The Morgan fingerprint density at radius 2 is 2.50 bits per heavy atom. The summed E-state index contributed by atoms with van der Waals surface area (Å²) in [5.41, 5.74) is 0.725. The fourth-order valence-electron chi connectivity index (χ4n) is 0.552. The summed E-state index contributed by atoms with van der Waals surface area (Å²) >= 11 is 5.50. The first-order valence-corrected chi connectivity index (χ1v) is 3.11. The van der Waals surface area contributed by atoms with Crippen LogP contribution >= 0.6 is 11.6 Å². The molecule has 1 aromatic heterocycles. The number of aromatic nitrogens is 2. The molecule has 1 rings (SSSR count). The van der Waals surface area contributed by atoms with Gasteiger partial charge in [-0.3, -0.25) is 4.99 Å². The van der Waals surface area contributed by atoms with Gasteiger partial charge in [-0.15, -0.1) is 0 Å². The summed E-state index contributed by atoms with van der Waals surface area (Å²) in [6, 6.07) is 1.74. The first-order valence-electron chi connectivity index (χ1n) is 2.73. The van der Waals surface area contributed by atoms with E-state index in [1.165, 1.54) is 0 Å². The lowest BCUT2D eigenvalue weighted by Crippen LogP contribution is -1.88. The van der Waals surface area contributed by atoms with Gasteiger partial charge >= 0.3 is 0 Å². The summed E-state index contributed by atoms with van der Waals surface area (Å²) in [5, 5.41) is 0.248. The smallest absolute Gasteiger partial charge is 0.222 e. The second kappa shape index (κ2) is 3.27. The van der Waals surface area contributed by atoms with E-state index in [0.29, 0.717) is 0 Å². The zero-order valence-electron chi connectivity index (χ0n) is 5.45. The van der Waals surface area contributed by atoms with Crippen molar-refractivity contribution in [1.29, 1.82) is 0 Å². The number of halogens is 1. The van der Waals surface area contributed by atoms with Crippen LogP contribution in [0, 0.1) is 0 Å². The Bertz CT molecular complexity index is 247. The molecule has 0 saturated carbocycles. The topological polar surface area (TPSA) is 38.1 Å². The molecule has 0 unspecified atom stereocenters. The minimum Gasteiger partial charge on any atom is -0.294 e. The number of hydrogen-bond acceptors (Lipinski definition) is 3. The molecule has 4 heteroatoms. The van der Waals surface area contributed by atoms with E-state index < -0.39 is 0 Å². The molecule has 0 radical (unpaired) electrons. The maximum absolute atomic E-state index is 5.50. The molecule has 0 atom stereocenters. The van der Waals surface area contributed by atoms with E-state index in [-0.39, 0.29) is 5.28 Å². The molecular formula is C6H6ClN3. The molecule has 0 saturated heterocycles. The molecule has 52 valence electrons. The van der Waals surface area contributed by atoms with E-state index in [0.717, 1.165) is 5.69 Å². The van der Waals surface area contributed by atoms with Crippen LogP contribution in [0.4, 0.5) is 0 Å². The monoisotopic (exact) mass is 155 g/mol. The molecule has 0 spiro atoms. The van der Waals surface area contributed by atoms with Gasteiger partial charge in [0.1, 0.15) is 0 Å². The van der Waals surface area contributed by atoms with Gasteiger partial charge in [0, 0.05) is 19.5 Å². The molecule has 0 bridgehead atoms. The standard InChI is InChI=1S/C6H6ClN3/c1-8-4-5-2-3-9-6(7)10-5/h2-4H,1H3. The van der Waals surface area contributed by atoms with Gasteiger partial charge in [0.05, 0.1) is 5.69 Å². The van der Waals surface area contributed by atoms with E-state index in [1.807, 2.05) is 0 Å². The maximum atomic E-state index is 5.50. The largest absolute Gasteiger partial charge is 0.294 e. The summed E-state index contributed by atoms with van der Waals surface area (Å²) in [6.07, 6.45) is 3.21. The van der Waals surface area contributed by atoms with Crippen molar-refractivity contribution in [2.24, 2.45) is 4.99 Å². The lowest BCUT2D eigenvalue weighted by Gasteiger charge is -1.89. The van der Waals surface area contributed by atoms with Crippen molar-refractivity contribution >= 4 is 17.8 Å². The van der Waals surface area contributed by atoms with Gasteiger partial charge in [-0.2, -0.15) is 0 Å². The summed E-state index contributed by atoms with van der Waals surface area (Å²) in [6.45, 7) is 0. The van der Waals surface area contributed by atoms with Gasteiger partial charge in [-0.25, -0.2) is 9.97 Å². The quantitative estimate of drug-likeness (QED) is 0.451. The van der Waals surface area contributed by atoms with Gasteiger partial charge in [0.25, 0.3) is 0 Å². The van der Waals surface area contributed by atoms with E-state index in [4.69, 9.17) is 11.6 Å². The first-order chi connectivity index (χ1) is 4.83. The first kappa shape index (κ1) is 7.15. The Balaban J connectivity index is 2.95. The zero-order chi connectivity index (χ0) is 7.40. The predicted molar refractivity (Wildman–Crippen MR) is 40.6 cm³/mol. The molecule has 1 heterocycles. The molecule has 0 aliphatic heterocycles. The van der Waals surface area contributed by atoms with Crippen molar-refractivity contribution in [1.82, 2.24) is 9.97 Å². The molecule has 0 aliphatic rings. The molecular weight excluding hydrogens is 150 g/mol. The Hall–Kier alpha value is -0.960. The van der Waals surface area contributed by atoms with Crippen LogP contribution in [-0.4, -0.2) is 23.2 Å². The van der Waals surface area contributed by atoms with Crippen LogP contribution in [0.15, 0.2) is 17.3 Å². The molecule has 0 aliphatic carbocycles. The molecule has 0 fully saturated rings. The molecule has 0 N–H and O–H groups in total. The fraction of sp³-hybridized carbons (Fsp3) is 0.167. The second-order valence-electron chi connectivity index (χ2n) is 1.64. The highest BCUT2D eigenvalue weighted by molar-refractivity contribution is 6.28. The summed E-state index contributed by atoms with van der Waals surface area (Å²) < 4.78 is 0.